The zero-order chi connectivity index (χ0) is 21.9. The summed E-state index contributed by atoms with van der Waals surface area (Å²) in [4.78, 5) is 28.6. The van der Waals surface area contributed by atoms with E-state index in [1.165, 1.54) is 0 Å². The Morgan fingerprint density at radius 2 is 1.60 bits per heavy atom. The fraction of sp³-hybridized carbons (Fsp3) is 0.619. The summed E-state index contributed by atoms with van der Waals surface area (Å²) in [6.45, 7) is 4.13. The summed E-state index contributed by atoms with van der Waals surface area (Å²) < 4.78 is 21.0. The van der Waals surface area contributed by atoms with E-state index >= 15 is 0 Å². The summed E-state index contributed by atoms with van der Waals surface area (Å²) in [7, 11) is 6.29. The number of carbonyl (C=O) groups excluding carboxylic acids is 2. The number of amides is 2. The molecule has 1 aromatic rings. The van der Waals surface area contributed by atoms with E-state index < -0.39 is 0 Å². The summed E-state index contributed by atoms with van der Waals surface area (Å²) >= 11 is 0. The molecule has 1 heterocycles. The van der Waals surface area contributed by atoms with Crippen molar-refractivity contribution >= 4 is 11.8 Å². The van der Waals surface area contributed by atoms with Crippen LogP contribution in [0.5, 0.6) is 17.2 Å². The smallest absolute Gasteiger partial charge is 0.234 e. The van der Waals surface area contributed by atoms with Gasteiger partial charge in [0, 0.05) is 46.4 Å². The number of carbonyl (C=O) groups is 2. The van der Waals surface area contributed by atoms with Crippen molar-refractivity contribution in [1.29, 1.82) is 0 Å². The summed E-state index contributed by atoms with van der Waals surface area (Å²) in [5.41, 5.74) is 0.798. The van der Waals surface area contributed by atoms with Crippen molar-refractivity contribution in [1.82, 2.24) is 15.1 Å². The predicted octanol–water partition coefficient (Wildman–Crippen LogP) is 0.552. The molecule has 0 spiro atoms. The first kappa shape index (κ1) is 23.8. The molecule has 1 aromatic carbocycles. The third kappa shape index (κ3) is 6.77. The molecule has 0 unspecified atom stereocenters. The quantitative estimate of drug-likeness (QED) is 0.520. The molecule has 1 N–H and O–H groups in total. The number of benzene rings is 1. The van der Waals surface area contributed by atoms with Crippen LogP contribution in [-0.2, 0) is 20.7 Å². The molecule has 30 heavy (non-hydrogen) atoms. The fourth-order valence-electron chi connectivity index (χ4n) is 3.38. The molecule has 1 saturated heterocycles. The zero-order valence-electron chi connectivity index (χ0n) is 18.4. The molecule has 0 saturated carbocycles. The van der Waals surface area contributed by atoms with E-state index in [1.807, 2.05) is 4.90 Å². The number of nitrogens with zero attached hydrogens (tertiary/aromatic N) is 2. The van der Waals surface area contributed by atoms with Gasteiger partial charge in [-0.2, -0.15) is 0 Å². The number of piperazine rings is 1. The zero-order valence-corrected chi connectivity index (χ0v) is 18.4. The summed E-state index contributed by atoms with van der Waals surface area (Å²) in [6.07, 6.45) is 1.04. The van der Waals surface area contributed by atoms with Crippen molar-refractivity contribution < 1.29 is 28.5 Å². The first-order valence-corrected chi connectivity index (χ1v) is 10.1. The normalized spacial score (nSPS) is 14.3. The molecule has 0 bridgehead atoms. The van der Waals surface area contributed by atoms with Crippen molar-refractivity contribution in [3.63, 3.8) is 0 Å². The van der Waals surface area contributed by atoms with Gasteiger partial charge in [-0.3, -0.25) is 14.5 Å². The Hall–Kier alpha value is -2.52. The van der Waals surface area contributed by atoms with Gasteiger partial charge in [-0.05, 0) is 24.1 Å². The van der Waals surface area contributed by atoms with Gasteiger partial charge in [0.1, 0.15) is 0 Å². The highest BCUT2D eigenvalue weighted by Crippen LogP contribution is 2.38. The second kappa shape index (κ2) is 12.2. The SMILES string of the molecule is COCCCNC(=O)CN1CCN(C(=O)Cc2cc(OC)c(OC)c(OC)c2)CC1. The van der Waals surface area contributed by atoms with Crippen LogP contribution in [0.4, 0.5) is 0 Å². The number of methoxy groups -OCH3 is 4. The second-order valence-corrected chi connectivity index (χ2v) is 7.06. The maximum absolute atomic E-state index is 12.8. The number of ether oxygens (including phenoxy) is 4. The predicted molar refractivity (Wildman–Crippen MR) is 112 cm³/mol. The highest BCUT2D eigenvalue weighted by Gasteiger charge is 2.23. The minimum Gasteiger partial charge on any atom is -0.493 e. The average Bonchev–Trinajstić information content (AvgIpc) is 2.76. The van der Waals surface area contributed by atoms with Crippen molar-refractivity contribution in [2.75, 3.05) is 74.3 Å². The molecule has 0 atom stereocenters. The van der Waals surface area contributed by atoms with E-state index in [9.17, 15) is 9.59 Å². The van der Waals surface area contributed by atoms with Crippen molar-refractivity contribution in [3.8, 4) is 17.2 Å². The lowest BCUT2D eigenvalue weighted by Crippen LogP contribution is -2.51. The van der Waals surface area contributed by atoms with Gasteiger partial charge in [-0.25, -0.2) is 0 Å². The second-order valence-electron chi connectivity index (χ2n) is 7.06. The first-order valence-electron chi connectivity index (χ1n) is 10.1. The molecule has 2 amide bonds. The maximum Gasteiger partial charge on any atom is 0.234 e. The summed E-state index contributed by atoms with van der Waals surface area (Å²) in [5.74, 6) is 1.60. The van der Waals surface area contributed by atoms with Crippen molar-refractivity contribution in [3.05, 3.63) is 17.7 Å². The van der Waals surface area contributed by atoms with E-state index in [0.717, 1.165) is 12.0 Å². The largest absolute Gasteiger partial charge is 0.493 e. The van der Waals surface area contributed by atoms with Gasteiger partial charge in [0.05, 0.1) is 34.3 Å². The number of rotatable bonds is 11. The van der Waals surface area contributed by atoms with Gasteiger partial charge in [0.25, 0.3) is 0 Å². The molecule has 0 aliphatic carbocycles. The van der Waals surface area contributed by atoms with E-state index in [2.05, 4.69) is 10.2 Å². The molecule has 9 nitrogen and oxygen atoms in total. The average molecular weight is 424 g/mol. The van der Waals surface area contributed by atoms with Gasteiger partial charge in [-0.15, -0.1) is 0 Å². The standard InChI is InChI=1S/C21H33N3O6/c1-27-11-5-6-22-19(25)15-23-7-9-24(10-8-23)20(26)14-16-12-17(28-2)21(30-4)18(13-16)29-3/h12-13H,5-11,14-15H2,1-4H3,(H,22,25). The van der Waals surface area contributed by atoms with Crippen molar-refractivity contribution in [2.24, 2.45) is 0 Å². The summed E-state index contributed by atoms with van der Waals surface area (Å²) in [5, 5.41) is 2.89. The molecular weight excluding hydrogens is 390 g/mol. The fourth-order valence-corrected chi connectivity index (χ4v) is 3.38. The van der Waals surface area contributed by atoms with Crippen LogP contribution in [0.15, 0.2) is 12.1 Å². The monoisotopic (exact) mass is 423 g/mol. The highest BCUT2D eigenvalue weighted by molar-refractivity contribution is 5.80. The minimum absolute atomic E-state index is 0.00306. The molecule has 168 valence electrons. The van der Waals surface area contributed by atoms with Crippen LogP contribution in [0, 0.1) is 0 Å². The maximum atomic E-state index is 12.8. The van der Waals surface area contributed by atoms with Crippen LogP contribution in [0.2, 0.25) is 0 Å². The molecule has 9 heteroatoms. The topological polar surface area (TPSA) is 89.6 Å². The van der Waals surface area contributed by atoms with Crippen LogP contribution in [0.1, 0.15) is 12.0 Å². The number of hydrogen-bond acceptors (Lipinski definition) is 7. The molecule has 1 fully saturated rings. The first-order chi connectivity index (χ1) is 14.5. The lowest BCUT2D eigenvalue weighted by Gasteiger charge is -2.34. The molecule has 0 aromatic heterocycles. The van der Waals surface area contributed by atoms with E-state index in [0.29, 0.717) is 63.1 Å². The van der Waals surface area contributed by atoms with Crippen LogP contribution in [-0.4, -0.2) is 95.9 Å². The molecule has 2 rings (SSSR count). The lowest BCUT2D eigenvalue weighted by atomic mass is 10.1. The Kier molecular flexibility index (Phi) is 9.69. The minimum atomic E-state index is 0.00306. The van der Waals surface area contributed by atoms with Crippen molar-refractivity contribution in [2.45, 2.75) is 12.8 Å². The molecule has 1 aliphatic rings. The molecular formula is C21H33N3O6. The highest BCUT2D eigenvalue weighted by atomic mass is 16.5. The summed E-state index contributed by atoms with van der Waals surface area (Å²) in [6, 6.07) is 3.59. The Bertz CT molecular complexity index is 679. The van der Waals surface area contributed by atoms with Crippen LogP contribution < -0.4 is 19.5 Å². The van der Waals surface area contributed by atoms with E-state index in [4.69, 9.17) is 18.9 Å². The van der Waals surface area contributed by atoms with Gasteiger partial charge in [0.2, 0.25) is 17.6 Å². The van der Waals surface area contributed by atoms with Gasteiger partial charge < -0.3 is 29.2 Å². The number of hydrogen-bond donors (Lipinski definition) is 1. The number of nitrogens with one attached hydrogen (secondary N) is 1. The molecule has 0 radical (unpaired) electrons. The third-order valence-electron chi connectivity index (χ3n) is 5.02. The Labute approximate surface area is 178 Å². The van der Waals surface area contributed by atoms with Crippen LogP contribution in [0.3, 0.4) is 0 Å². The van der Waals surface area contributed by atoms with E-state index in [-0.39, 0.29) is 18.2 Å². The lowest BCUT2D eigenvalue weighted by molar-refractivity contribution is -0.132. The Morgan fingerprint density at radius 1 is 0.967 bits per heavy atom. The van der Waals surface area contributed by atoms with Crippen LogP contribution >= 0.6 is 0 Å². The Balaban J connectivity index is 1.84. The van der Waals surface area contributed by atoms with Crippen LogP contribution in [0.25, 0.3) is 0 Å². The van der Waals surface area contributed by atoms with Gasteiger partial charge >= 0.3 is 0 Å². The Morgan fingerprint density at radius 3 is 2.13 bits per heavy atom. The third-order valence-corrected chi connectivity index (χ3v) is 5.02. The van der Waals surface area contributed by atoms with Gasteiger partial charge in [0.15, 0.2) is 11.5 Å². The van der Waals surface area contributed by atoms with Gasteiger partial charge in [-0.1, -0.05) is 0 Å². The molecule has 1 aliphatic heterocycles. The van der Waals surface area contributed by atoms with E-state index in [1.54, 1.807) is 40.6 Å².